The highest BCUT2D eigenvalue weighted by molar-refractivity contribution is 5.24. The topological polar surface area (TPSA) is 0 Å². The van der Waals surface area contributed by atoms with E-state index >= 15 is 0 Å². The smallest absolute Gasteiger partial charge is 0.237 e. The van der Waals surface area contributed by atoms with Crippen LogP contribution in [0.3, 0.4) is 0 Å². The zero-order valence-electron chi connectivity index (χ0n) is 13.0. The fourth-order valence-corrected chi connectivity index (χ4v) is 2.60. The molecule has 0 bridgehead atoms. The highest BCUT2D eigenvalue weighted by atomic mass is 19.3. The largest absolute Gasteiger partial charge is 0.347 e. The van der Waals surface area contributed by atoms with Crippen molar-refractivity contribution in [3.8, 4) is 0 Å². The second-order valence-corrected chi connectivity index (χ2v) is 5.69. The lowest BCUT2D eigenvalue weighted by atomic mass is 9.82. The van der Waals surface area contributed by atoms with E-state index in [2.05, 4.69) is 0 Å². The molecule has 1 atom stereocenters. The van der Waals surface area contributed by atoms with Gasteiger partial charge in [-0.05, 0) is 12.8 Å². The molecular formula is C17H23F5. The van der Waals surface area contributed by atoms with Crippen LogP contribution in [0.4, 0.5) is 22.0 Å². The first-order valence-corrected chi connectivity index (χ1v) is 7.73. The first-order chi connectivity index (χ1) is 10.2. The molecule has 0 aliphatic carbocycles. The lowest BCUT2D eigenvalue weighted by Crippen LogP contribution is -2.54. The maximum absolute atomic E-state index is 14.8. The van der Waals surface area contributed by atoms with Gasteiger partial charge in [-0.2, -0.15) is 17.6 Å². The van der Waals surface area contributed by atoms with Gasteiger partial charge in [0.15, 0.2) is 5.67 Å². The van der Waals surface area contributed by atoms with Crippen LogP contribution in [0, 0.1) is 0 Å². The third-order valence-electron chi connectivity index (χ3n) is 3.92. The molecule has 22 heavy (non-hydrogen) atoms. The summed E-state index contributed by atoms with van der Waals surface area (Å²) >= 11 is 0. The average Bonchev–Trinajstić information content (AvgIpc) is 2.48. The minimum absolute atomic E-state index is 0.0864. The van der Waals surface area contributed by atoms with E-state index in [0.29, 0.717) is 12.8 Å². The first kappa shape index (κ1) is 18.9. The molecule has 0 saturated carbocycles. The highest BCUT2D eigenvalue weighted by Crippen LogP contribution is 2.53. The van der Waals surface area contributed by atoms with Gasteiger partial charge in [0.2, 0.25) is 0 Å². The van der Waals surface area contributed by atoms with Crippen LogP contribution in [0.5, 0.6) is 0 Å². The monoisotopic (exact) mass is 322 g/mol. The normalized spacial score (nSPS) is 15.6. The van der Waals surface area contributed by atoms with Crippen LogP contribution in [0.15, 0.2) is 30.3 Å². The molecular weight excluding hydrogens is 299 g/mol. The van der Waals surface area contributed by atoms with Crippen molar-refractivity contribution < 1.29 is 22.0 Å². The van der Waals surface area contributed by atoms with Crippen LogP contribution in [0.25, 0.3) is 0 Å². The molecule has 0 aliphatic rings. The van der Waals surface area contributed by atoms with E-state index in [1.165, 1.54) is 25.1 Å². The van der Waals surface area contributed by atoms with Crippen LogP contribution in [0.2, 0.25) is 0 Å². The molecule has 0 aliphatic heterocycles. The number of halogens is 5. The molecule has 1 unspecified atom stereocenters. The SMILES string of the molecule is CCCCCC(F)(CCC)C(F)(F)C(F)(F)c1ccccc1. The van der Waals surface area contributed by atoms with Crippen LogP contribution in [-0.4, -0.2) is 11.6 Å². The molecule has 1 aromatic rings. The maximum atomic E-state index is 14.8. The number of unbranched alkanes of at least 4 members (excludes halogenated alkanes) is 2. The molecule has 0 aromatic heterocycles. The second-order valence-electron chi connectivity index (χ2n) is 5.69. The highest BCUT2D eigenvalue weighted by Gasteiger charge is 2.69. The summed E-state index contributed by atoms with van der Waals surface area (Å²) < 4.78 is 72.2. The number of hydrogen-bond donors (Lipinski definition) is 0. The molecule has 5 heteroatoms. The summed E-state index contributed by atoms with van der Waals surface area (Å²) in [6, 6.07) is 5.76. The predicted molar refractivity (Wildman–Crippen MR) is 78.2 cm³/mol. The van der Waals surface area contributed by atoms with Gasteiger partial charge in [0.1, 0.15) is 0 Å². The Balaban J connectivity index is 3.14. The molecule has 0 radical (unpaired) electrons. The lowest BCUT2D eigenvalue weighted by molar-refractivity contribution is -0.282. The third kappa shape index (κ3) is 3.61. The Bertz CT molecular complexity index is 444. The molecule has 126 valence electrons. The molecule has 0 fully saturated rings. The minimum atomic E-state index is -4.74. The Morgan fingerprint density at radius 1 is 0.773 bits per heavy atom. The lowest BCUT2D eigenvalue weighted by Gasteiger charge is -2.38. The van der Waals surface area contributed by atoms with Crippen molar-refractivity contribution in [3.63, 3.8) is 0 Å². The third-order valence-corrected chi connectivity index (χ3v) is 3.92. The van der Waals surface area contributed by atoms with Crippen molar-refractivity contribution in [2.75, 3.05) is 0 Å². The Labute approximate surface area is 128 Å². The van der Waals surface area contributed by atoms with Gasteiger partial charge in [-0.15, -0.1) is 0 Å². The Morgan fingerprint density at radius 3 is 1.86 bits per heavy atom. The Hall–Kier alpha value is -1.13. The van der Waals surface area contributed by atoms with Crippen molar-refractivity contribution in [1.82, 2.24) is 0 Å². The zero-order valence-corrected chi connectivity index (χ0v) is 13.0. The number of rotatable bonds is 9. The molecule has 0 N–H and O–H groups in total. The van der Waals surface area contributed by atoms with Crippen molar-refractivity contribution in [2.24, 2.45) is 0 Å². The first-order valence-electron chi connectivity index (χ1n) is 7.73. The second kappa shape index (κ2) is 7.42. The molecule has 0 saturated heterocycles. The molecule has 1 aromatic carbocycles. The van der Waals surface area contributed by atoms with E-state index in [1.807, 2.05) is 6.92 Å². The summed E-state index contributed by atoms with van der Waals surface area (Å²) in [6.45, 7) is 3.36. The number of benzene rings is 1. The summed E-state index contributed by atoms with van der Waals surface area (Å²) in [6.07, 6.45) is 0.387. The number of hydrogen-bond acceptors (Lipinski definition) is 0. The Morgan fingerprint density at radius 2 is 1.36 bits per heavy atom. The molecule has 0 spiro atoms. The van der Waals surface area contributed by atoms with Crippen molar-refractivity contribution in [2.45, 2.75) is 69.9 Å². The summed E-state index contributed by atoms with van der Waals surface area (Å²) in [5.41, 5.74) is -4.05. The van der Waals surface area contributed by atoms with Gasteiger partial charge in [0.25, 0.3) is 0 Å². The van der Waals surface area contributed by atoms with Crippen molar-refractivity contribution in [1.29, 1.82) is 0 Å². The molecule has 0 nitrogen and oxygen atoms in total. The van der Waals surface area contributed by atoms with Gasteiger partial charge in [-0.25, -0.2) is 4.39 Å². The molecule has 0 heterocycles. The summed E-state index contributed by atoms with van der Waals surface area (Å²) in [5, 5.41) is 0. The summed E-state index contributed by atoms with van der Waals surface area (Å²) in [4.78, 5) is 0. The van der Waals surface area contributed by atoms with Gasteiger partial charge in [-0.1, -0.05) is 69.9 Å². The van der Waals surface area contributed by atoms with Gasteiger partial charge < -0.3 is 0 Å². The zero-order chi connectivity index (χ0) is 16.9. The van der Waals surface area contributed by atoms with Crippen LogP contribution >= 0.6 is 0 Å². The van der Waals surface area contributed by atoms with E-state index in [0.717, 1.165) is 12.1 Å². The fraction of sp³-hybridized carbons (Fsp3) is 0.647. The molecule has 0 amide bonds. The fourth-order valence-electron chi connectivity index (χ4n) is 2.60. The maximum Gasteiger partial charge on any atom is 0.347 e. The number of alkyl halides is 5. The van der Waals surface area contributed by atoms with Crippen LogP contribution < -0.4 is 0 Å². The standard InChI is InChI=1S/C17H23F5/c1-3-5-9-13-15(18,12-4-2)17(21,22)16(19,20)14-10-7-6-8-11-14/h6-8,10-11H,3-5,9,12-13H2,1-2H3. The van der Waals surface area contributed by atoms with Gasteiger partial charge in [-0.3, -0.25) is 0 Å². The Kier molecular flexibility index (Phi) is 6.38. The van der Waals surface area contributed by atoms with E-state index in [4.69, 9.17) is 0 Å². The van der Waals surface area contributed by atoms with Gasteiger partial charge in [0, 0.05) is 5.56 Å². The van der Waals surface area contributed by atoms with E-state index in [-0.39, 0.29) is 12.8 Å². The summed E-state index contributed by atoms with van der Waals surface area (Å²) in [5.74, 6) is -9.28. The van der Waals surface area contributed by atoms with Crippen LogP contribution in [-0.2, 0) is 5.92 Å². The molecule has 1 rings (SSSR count). The van der Waals surface area contributed by atoms with Crippen molar-refractivity contribution in [3.05, 3.63) is 35.9 Å². The van der Waals surface area contributed by atoms with Gasteiger partial charge >= 0.3 is 11.8 Å². The quantitative estimate of drug-likeness (QED) is 0.359. The van der Waals surface area contributed by atoms with Gasteiger partial charge in [0.05, 0.1) is 0 Å². The van der Waals surface area contributed by atoms with E-state index in [9.17, 15) is 22.0 Å². The van der Waals surface area contributed by atoms with Crippen LogP contribution in [0.1, 0.15) is 57.9 Å². The van der Waals surface area contributed by atoms with E-state index in [1.54, 1.807) is 0 Å². The van der Waals surface area contributed by atoms with Crippen molar-refractivity contribution >= 4 is 0 Å². The predicted octanol–water partition coefficient (Wildman–Crippen LogP) is 6.50. The van der Waals surface area contributed by atoms with E-state index < -0.39 is 35.9 Å². The minimum Gasteiger partial charge on any atom is -0.237 e. The summed E-state index contributed by atoms with van der Waals surface area (Å²) in [7, 11) is 0. The average molecular weight is 322 g/mol.